The summed E-state index contributed by atoms with van der Waals surface area (Å²) in [6, 6.07) is 15.2. The molecule has 3 nitrogen and oxygen atoms in total. The predicted molar refractivity (Wildman–Crippen MR) is 92.2 cm³/mol. The number of hydrogen-bond donors (Lipinski definition) is 1. The number of aromatic nitrogens is 1. The van der Waals surface area contributed by atoms with E-state index in [9.17, 15) is 4.79 Å². The molecule has 1 aromatic heterocycles. The molecule has 3 heteroatoms. The molecule has 0 radical (unpaired) electrons. The van der Waals surface area contributed by atoms with E-state index >= 15 is 0 Å². The zero-order valence-electron chi connectivity index (χ0n) is 13.1. The maximum Gasteiger partial charge on any atom is 0.255 e. The highest BCUT2D eigenvalue weighted by Crippen LogP contribution is 2.16. The van der Waals surface area contributed by atoms with Crippen molar-refractivity contribution in [2.75, 3.05) is 5.32 Å². The van der Waals surface area contributed by atoms with Gasteiger partial charge in [-0.1, -0.05) is 37.6 Å². The summed E-state index contributed by atoms with van der Waals surface area (Å²) in [7, 11) is 0. The zero-order chi connectivity index (χ0) is 15.9. The molecule has 3 rings (SSSR count). The third-order valence-electron chi connectivity index (χ3n) is 3.21. The van der Waals surface area contributed by atoms with Crippen LogP contribution in [0.4, 0.5) is 5.69 Å². The van der Waals surface area contributed by atoms with Gasteiger partial charge in [-0.05, 0) is 42.6 Å². The van der Waals surface area contributed by atoms with Gasteiger partial charge in [-0.15, -0.1) is 0 Å². The van der Waals surface area contributed by atoms with Crippen molar-refractivity contribution in [2.45, 2.75) is 20.8 Å². The number of benzene rings is 2. The summed E-state index contributed by atoms with van der Waals surface area (Å²) in [4.78, 5) is 16.3. The minimum atomic E-state index is -0.104. The number of carbonyl (C=O) groups is 1. The van der Waals surface area contributed by atoms with Gasteiger partial charge in [0.2, 0.25) is 0 Å². The summed E-state index contributed by atoms with van der Waals surface area (Å²) in [5, 5.41) is 4.93. The molecule has 1 N–H and O–H groups in total. The number of anilines is 1. The van der Waals surface area contributed by atoms with Crippen molar-refractivity contribution in [3.05, 3.63) is 72.1 Å². The molecule has 2 aromatic carbocycles. The molecule has 0 saturated carbocycles. The van der Waals surface area contributed by atoms with Crippen molar-refractivity contribution in [2.24, 2.45) is 0 Å². The number of nitrogens with zero attached hydrogens (tertiary/aromatic N) is 1. The average Bonchev–Trinajstić information content (AvgIpc) is 2.58. The van der Waals surface area contributed by atoms with Gasteiger partial charge in [0, 0.05) is 29.0 Å². The van der Waals surface area contributed by atoms with E-state index in [4.69, 9.17) is 0 Å². The normalized spacial score (nSPS) is 9.77. The van der Waals surface area contributed by atoms with Gasteiger partial charge in [0.1, 0.15) is 0 Å². The molecule has 0 saturated heterocycles. The molecule has 22 heavy (non-hydrogen) atoms. The highest BCUT2D eigenvalue weighted by molar-refractivity contribution is 6.06. The molecule has 0 unspecified atom stereocenters. The van der Waals surface area contributed by atoms with Crippen LogP contribution in [0.2, 0.25) is 0 Å². The molecule has 0 spiro atoms. The summed E-state index contributed by atoms with van der Waals surface area (Å²) >= 11 is 0. The fraction of sp³-hybridized carbons (Fsp3) is 0.158. The Hall–Kier alpha value is -2.68. The lowest BCUT2D eigenvalue weighted by Crippen LogP contribution is -2.11. The lowest BCUT2D eigenvalue weighted by molar-refractivity contribution is 0.102. The Kier molecular flexibility index (Phi) is 5.26. The molecule has 0 aliphatic heterocycles. The number of amides is 1. The smallest absolute Gasteiger partial charge is 0.255 e. The van der Waals surface area contributed by atoms with Crippen molar-refractivity contribution in [1.29, 1.82) is 0 Å². The second-order valence-electron chi connectivity index (χ2n) is 4.76. The fourth-order valence-corrected chi connectivity index (χ4v) is 2.06. The van der Waals surface area contributed by atoms with Crippen LogP contribution in [0.3, 0.4) is 0 Å². The first-order chi connectivity index (χ1) is 10.7. The van der Waals surface area contributed by atoms with Gasteiger partial charge in [0.15, 0.2) is 0 Å². The van der Waals surface area contributed by atoms with Crippen LogP contribution < -0.4 is 5.32 Å². The lowest BCUT2D eigenvalue weighted by atomic mass is 10.1. The van der Waals surface area contributed by atoms with E-state index in [-0.39, 0.29) is 5.91 Å². The second-order valence-corrected chi connectivity index (χ2v) is 4.76. The number of rotatable bonds is 2. The van der Waals surface area contributed by atoms with Gasteiger partial charge in [-0.3, -0.25) is 9.78 Å². The van der Waals surface area contributed by atoms with Crippen LogP contribution in [0.1, 0.15) is 29.8 Å². The van der Waals surface area contributed by atoms with E-state index in [2.05, 4.69) is 10.3 Å². The molecule has 112 valence electrons. The summed E-state index contributed by atoms with van der Waals surface area (Å²) < 4.78 is 0. The highest BCUT2D eigenvalue weighted by Gasteiger charge is 2.06. The van der Waals surface area contributed by atoms with E-state index < -0.39 is 0 Å². The third-order valence-corrected chi connectivity index (χ3v) is 3.21. The first kappa shape index (κ1) is 15.7. The highest BCUT2D eigenvalue weighted by atomic mass is 16.1. The topological polar surface area (TPSA) is 42.0 Å². The third kappa shape index (κ3) is 3.70. The minimum Gasteiger partial charge on any atom is -0.322 e. The van der Waals surface area contributed by atoms with Crippen LogP contribution >= 0.6 is 0 Å². The van der Waals surface area contributed by atoms with Crippen LogP contribution in [-0.2, 0) is 0 Å². The first-order valence-electron chi connectivity index (χ1n) is 7.44. The average molecular weight is 292 g/mol. The van der Waals surface area contributed by atoms with Crippen molar-refractivity contribution in [1.82, 2.24) is 4.98 Å². The van der Waals surface area contributed by atoms with Crippen LogP contribution in [0.5, 0.6) is 0 Å². The maximum atomic E-state index is 12.2. The Bertz CT molecular complexity index is 764. The SMILES string of the molecule is CC.Cc1ccc(NC(=O)c2ccc3cnccc3c2)cc1. The Morgan fingerprint density at radius 3 is 2.41 bits per heavy atom. The Balaban J connectivity index is 0.000000847. The quantitative estimate of drug-likeness (QED) is 0.735. The number of hydrogen-bond acceptors (Lipinski definition) is 2. The van der Waals surface area contributed by atoms with Gasteiger partial charge >= 0.3 is 0 Å². The van der Waals surface area contributed by atoms with E-state index in [0.717, 1.165) is 16.5 Å². The van der Waals surface area contributed by atoms with Gasteiger partial charge in [0.05, 0.1) is 0 Å². The molecular formula is C19H20N2O. The van der Waals surface area contributed by atoms with Crippen LogP contribution in [-0.4, -0.2) is 10.9 Å². The Labute approximate surface area is 131 Å². The largest absolute Gasteiger partial charge is 0.322 e. The number of pyridine rings is 1. The summed E-state index contributed by atoms with van der Waals surface area (Å²) in [6.45, 7) is 6.02. The molecule has 1 heterocycles. The summed E-state index contributed by atoms with van der Waals surface area (Å²) in [5.74, 6) is -0.104. The fourth-order valence-electron chi connectivity index (χ4n) is 2.06. The summed E-state index contributed by atoms with van der Waals surface area (Å²) in [6.07, 6.45) is 3.51. The molecule has 0 aliphatic rings. The monoisotopic (exact) mass is 292 g/mol. The van der Waals surface area contributed by atoms with Crippen LogP contribution in [0, 0.1) is 6.92 Å². The second kappa shape index (κ2) is 7.36. The Morgan fingerprint density at radius 2 is 1.68 bits per heavy atom. The molecular weight excluding hydrogens is 272 g/mol. The Morgan fingerprint density at radius 1 is 0.955 bits per heavy atom. The number of carbonyl (C=O) groups excluding carboxylic acids is 1. The molecule has 0 fully saturated rings. The van der Waals surface area contributed by atoms with E-state index in [1.54, 1.807) is 12.4 Å². The maximum absolute atomic E-state index is 12.2. The van der Waals surface area contributed by atoms with Gasteiger partial charge in [-0.2, -0.15) is 0 Å². The predicted octanol–water partition coefficient (Wildman–Crippen LogP) is 4.82. The molecule has 0 bridgehead atoms. The van der Waals surface area contributed by atoms with Crippen molar-refractivity contribution < 1.29 is 4.79 Å². The van der Waals surface area contributed by atoms with Gasteiger partial charge < -0.3 is 5.32 Å². The van der Waals surface area contributed by atoms with Crippen molar-refractivity contribution in [3.8, 4) is 0 Å². The van der Waals surface area contributed by atoms with Gasteiger partial charge in [-0.25, -0.2) is 0 Å². The number of aryl methyl sites for hydroxylation is 1. The standard InChI is InChI=1S/C17H14N2O.C2H6/c1-12-2-6-16(7-3-12)19-17(20)14-4-5-15-11-18-9-8-13(15)10-14;1-2/h2-11H,1H3,(H,19,20);1-2H3. The first-order valence-corrected chi connectivity index (χ1v) is 7.44. The molecule has 1 amide bonds. The zero-order valence-corrected chi connectivity index (χ0v) is 13.1. The lowest BCUT2D eigenvalue weighted by Gasteiger charge is -2.06. The number of nitrogens with one attached hydrogen (secondary N) is 1. The molecule has 0 aliphatic carbocycles. The van der Waals surface area contributed by atoms with Crippen molar-refractivity contribution in [3.63, 3.8) is 0 Å². The molecule has 3 aromatic rings. The molecule has 0 atom stereocenters. The van der Waals surface area contributed by atoms with Gasteiger partial charge in [0.25, 0.3) is 5.91 Å². The van der Waals surface area contributed by atoms with Crippen LogP contribution in [0.25, 0.3) is 10.8 Å². The van der Waals surface area contributed by atoms with E-state index in [1.807, 2.05) is 69.3 Å². The van der Waals surface area contributed by atoms with Crippen LogP contribution in [0.15, 0.2) is 60.9 Å². The van der Waals surface area contributed by atoms with E-state index in [0.29, 0.717) is 5.56 Å². The van der Waals surface area contributed by atoms with Crippen molar-refractivity contribution >= 4 is 22.4 Å². The van der Waals surface area contributed by atoms with E-state index in [1.165, 1.54) is 5.56 Å². The minimum absolute atomic E-state index is 0.104. The number of fused-ring (bicyclic) bond motifs is 1. The summed E-state index contributed by atoms with van der Waals surface area (Å²) in [5.41, 5.74) is 2.61.